The molecule has 1 fully saturated rings. The van der Waals surface area contributed by atoms with Crippen molar-refractivity contribution >= 4 is 30.8 Å². The van der Waals surface area contributed by atoms with E-state index in [1.165, 1.54) is 17.8 Å². The molecule has 6 N–H and O–H groups in total. The van der Waals surface area contributed by atoms with Crippen molar-refractivity contribution in [2.45, 2.75) is 57.7 Å². The molecule has 0 saturated carbocycles. The lowest BCUT2D eigenvalue weighted by atomic mass is 9.93. The predicted molar refractivity (Wildman–Crippen MR) is 143 cm³/mol. The van der Waals surface area contributed by atoms with Crippen LogP contribution in [0.1, 0.15) is 33.9 Å². The zero-order valence-electron chi connectivity index (χ0n) is 22.6. The number of carbonyl (C=O) groups is 1. The van der Waals surface area contributed by atoms with Gasteiger partial charge in [-0.2, -0.15) is 15.1 Å². The van der Waals surface area contributed by atoms with Gasteiger partial charge in [-0.05, 0) is 39.8 Å². The van der Waals surface area contributed by atoms with Gasteiger partial charge in [0.1, 0.15) is 24.0 Å². The first-order valence-electron chi connectivity index (χ1n) is 12.7. The molecular formula is C24H34N7O8P. The Morgan fingerprint density at radius 2 is 2.00 bits per heavy atom. The van der Waals surface area contributed by atoms with E-state index in [1.54, 1.807) is 51.1 Å². The molecule has 6 atom stereocenters. The van der Waals surface area contributed by atoms with Gasteiger partial charge in [-0.3, -0.25) is 13.9 Å². The highest BCUT2D eigenvalue weighted by molar-refractivity contribution is 7.52. The Morgan fingerprint density at radius 3 is 2.67 bits per heavy atom. The highest BCUT2D eigenvalue weighted by Crippen LogP contribution is 2.47. The van der Waals surface area contributed by atoms with Crippen molar-refractivity contribution in [1.29, 1.82) is 0 Å². The van der Waals surface area contributed by atoms with Gasteiger partial charge in [0.15, 0.2) is 17.4 Å². The van der Waals surface area contributed by atoms with E-state index in [1.807, 2.05) is 0 Å². The van der Waals surface area contributed by atoms with Crippen LogP contribution in [0.3, 0.4) is 0 Å². The number of aromatic nitrogens is 4. The SMILES string of the molecule is CCOC(=O)C(C)NP(=O)(OCC1OC(n2cnc3c(OCC)nc(N)nc32)C(C)(N)C1O)Oc1ccccc1. The minimum atomic E-state index is -4.19. The van der Waals surface area contributed by atoms with E-state index < -0.39 is 50.3 Å². The van der Waals surface area contributed by atoms with Crippen molar-refractivity contribution < 1.29 is 37.7 Å². The summed E-state index contributed by atoms with van der Waals surface area (Å²) in [7, 11) is -4.19. The minimum absolute atomic E-state index is 0.0457. The van der Waals surface area contributed by atoms with E-state index in [9.17, 15) is 14.5 Å². The number of nitrogens with one attached hydrogen (secondary N) is 1. The van der Waals surface area contributed by atoms with Crippen LogP contribution in [-0.4, -0.2) is 74.2 Å². The summed E-state index contributed by atoms with van der Waals surface area (Å²) in [4.78, 5) is 24.9. The normalized spacial score (nSPS) is 24.9. The number of benzene rings is 1. The molecule has 3 heterocycles. The molecule has 0 radical (unpaired) electrons. The molecule has 3 aromatic rings. The molecule has 0 spiro atoms. The van der Waals surface area contributed by atoms with E-state index in [2.05, 4.69) is 20.0 Å². The Balaban J connectivity index is 1.57. The number of imidazole rings is 1. The Kier molecular flexibility index (Phi) is 8.93. The largest absolute Gasteiger partial charge is 0.476 e. The third-order valence-electron chi connectivity index (χ3n) is 6.14. The Bertz CT molecular complexity index is 1370. The van der Waals surface area contributed by atoms with Crippen molar-refractivity contribution in [2.24, 2.45) is 5.73 Å². The number of fused-ring (bicyclic) bond motifs is 1. The average molecular weight is 580 g/mol. The number of aliphatic hydroxyl groups excluding tert-OH is 1. The Labute approximate surface area is 230 Å². The molecule has 0 amide bonds. The zero-order valence-corrected chi connectivity index (χ0v) is 23.5. The summed E-state index contributed by atoms with van der Waals surface area (Å²) in [5.41, 5.74) is 11.7. The quantitative estimate of drug-likeness (QED) is 0.177. The number of rotatable bonds is 12. The number of hydrogen-bond acceptors (Lipinski definition) is 13. The number of para-hydroxylation sites is 1. The van der Waals surface area contributed by atoms with Crippen molar-refractivity contribution in [2.75, 3.05) is 25.6 Å². The molecule has 2 aromatic heterocycles. The van der Waals surface area contributed by atoms with Crippen molar-refractivity contribution in [1.82, 2.24) is 24.6 Å². The zero-order chi connectivity index (χ0) is 29.1. The standard InChI is InChI=1S/C24H34N7O8P/c1-5-35-20-17-19(28-23(25)29-20)31(13-27-17)22-24(4,26)18(32)16(38-22)12-37-40(34,30-14(3)21(33)36-6-2)39-15-10-8-7-9-11-15/h7-11,13-14,16,18,22,32H,5-6,12,26H2,1-4H3,(H,30,34)(H2,25,28,29). The van der Waals surface area contributed by atoms with E-state index in [-0.39, 0.29) is 29.8 Å². The number of carbonyl (C=O) groups excluding carboxylic acids is 1. The van der Waals surface area contributed by atoms with E-state index >= 15 is 0 Å². The van der Waals surface area contributed by atoms with E-state index in [0.717, 1.165) is 0 Å². The summed E-state index contributed by atoms with van der Waals surface area (Å²) >= 11 is 0. The first kappa shape index (κ1) is 29.6. The van der Waals surface area contributed by atoms with Gasteiger partial charge in [0.05, 0.1) is 31.7 Å². The highest BCUT2D eigenvalue weighted by Gasteiger charge is 2.53. The first-order chi connectivity index (χ1) is 19.0. The van der Waals surface area contributed by atoms with Crippen LogP contribution >= 0.6 is 7.75 Å². The lowest BCUT2D eigenvalue weighted by Gasteiger charge is -2.28. The van der Waals surface area contributed by atoms with Crippen LogP contribution < -0.4 is 25.8 Å². The number of nitrogens with zero attached hydrogens (tertiary/aromatic N) is 4. The van der Waals surface area contributed by atoms with Gasteiger partial charge in [0, 0.05) is 0 Å². The molecule has 4 rings (SSSR count). The average Bonchev–Trinajstić information content (AvgIpc) is 3.41. The van der Waals surface area contributed by atoms with Gasteiger partial charge < -0.3 is 35.3 Å². The fourth-order valence-electron chi connectivity index (χ4n) is 4.18. The third kappa shape index (κ3) is 6.19. The van der Waals surface area contributed by atoms with Gasteiger partial charge in [-0.15, -0.1) is 0 Å². The summed E-state index contributed by atoms with van der Waals surface area (Å²) in [5.74, 6) is -0.261. The molecule has 16 heteroatoms. The van der Waals surface area contributed by atoms with Crippen LogP contribution in [0.5, 0.6) is 11.6 Å². The first-order valence-corrected chi connectivity index (χ1v) is 14.2. The molecule has 0 aliphatic carbocycles. The summed E-state index contributed by atoms with van der Waals surface area (Å²) in [6.07, 6.45) is -1.90. The van der Waals surface area contributed by atoms with Gasteiger partial charge in [-0.25, -0.2) is 9.55 Å². The second kappa shape index (κ2) is 12.0. The van der Waals surface area contributed by atoms with Crippen LogP contribution in [0.15, 0.2) is 36.7 Å². The van der Waals surface area contributed by atoms with Crippen molar-refractivity contribution in [3.63, 3.8) is 0 Å². The van der Waals surface area contributed by atoms with Crippen molar-refractivity contribution in [3.8, 4) is 11.6 Å². The second-order valence-corrected chi connectivity index (χ2v) is 11.0. The monoisotopic (exact) mass is 579 g/mol. The molecule has 15 nitrogen and oxygen atoms in total. The van der Waals surface area contributed by atoms with Gasteiger partial charge in [0.2, 0.25) is 11.8 Å². The summed E-state index contributed by atoms with van der Waals surface area (Å²) < 4.78 is 43.2. The Hall–Kier alpha value is -3.33. The number of aliphatic hydroxyl groups is 1. The molecule has 1 aromatic carbocycles. The minimum Gasteiger partial charge on any atom is -0.476 e. The Morgan fingerprint density at radius 1 is 1.27 bits per heavy atom. The van der Waals surface area contributed by atoms with E-state index in [4.69, 9.17) is 34.7 Å². The summed E-state index contributed by atoms with van der Waals surface area (Å²) in [6.45, 7) is 6.56. The lowest BCUT2D eigenvalue weighted by molar-refractivity contribution is -0.144. The molecule has 1 aliphatic rings. The molecule has 218 valence electrons. The third-order valence-corrected chi connectivity index (χ3v) is 7.78. The molecule has 40 heavy (non-hydrogen) atoms. The fourth-order valence-corrected chi connectivity index (χ4v) is 5.69. The van der Waals surface area contributed by atoms with Gasteiger partial charge in [-0.1, -0.05) is 18.2 Å². The lowest BCUT2D eigenvalue weighted by Crippen LogP contribution is -2.52. The number of anilines is 1. The number of nitrogens with two attached hydrogens (primary N) is 2. The van der Waals surface area contributed by atoms with Crippen LogP contribution in [-0.2, 0) is 23.4 Å². The maximum atomic E-state index is 13.8. The smallest absolute Gasteiger partial charge is 0.459 e. The van der Waals surface area contributed by atoms with E-state index in [0.29, 0.717) is 12.1 Å². The van der Waals surface area contributed by atoms with Crippen molar-refractivity contribution in [3.05, 3.63) is 36.7 Å². The molecule has 6 unspecified atom stereocenters. The number of esters is 1. The highest BCUT2D eigenvalue weighted by atomic mass is 31.2. The van der Waals surface area contributed by atoms with Crippen LogP contribution in [0.2, 0.25) is 0 Å². The molecule has 1 aliphatic heterocycles. The number of nitrogen functional groups attached to an aromatic ring is 1. The molecular weight excluding hydrogens is 545 g/mol. The molecule has 0 bridgehead atoms. The summed E-state index contributed by atoms with van der Waals surface area (Å²) in [6, 6.07) is 7.26. The van der Waals surface area contributed by atoms with Crippen LogP contribution in [0, 0.1) is 0 Å². The topological polar surface area (TPSA) is 208 Å². The molecule has 1 saturated heterocycles. The second-order valence-electron chi connectivity index (χ2n) is 9.28. The maximum absolute atomic E-state index is 13.8. The van der Waals surface area contributed by atoms with Crippen LogP contribution in [0.25, 0.3) is 11.2 Å². The van der Waals surface area contributed by atoms with Crippen LogP contribution in [0.4, 0.5) is 5.95 Å². The fraction of sp³-hybridized carbons (Fsp3) is 0.500. The summed E-state index contributed by atoms with van der Waals surface area (Å²) in [5, 5.41) is 13.7. The van der Waals surface area contributed by atoms with Gasteiger partial charge >= 0.3 is 13.7 Å². The number of hydrogen-bond donors (Lipinski definition) is 4. The maximum Gasteiger partial charge on any atom is 0.459 e. The number of ether oxygens (including phenoxy) is 3. The predicted octanol–water partition coefficient (Wildman–Crippen LogP) is 1.53. The van der Waals surface area contributed by atoms with Gasteiger partial charge in [0.25, 0.3) is 0 Å².